The average molecular weight is 280 g/mol. The molecule has 0 aliphatic carbocycles. The number of benzene rings is 1. The molecule has 2 rings (SSSR count). The highest BCUT2D eigenvalue weighted by molar-refractivity contribution is 9.10. The van der Waals surface area contributed by atoms with Crippen molar-refractivity contribution < 1.29 is 9.47 Å². The van der Waals surface area contributed by atoms with E-state index in [9.17, 15) is 0 Å². The number of nitrogens with zero attached hydrogens (tertiary/aromatic N) is 1. The van der Waals surface area contributed by atoms with Crippen molar-refractivity contribution in [2.24, 2.45) is 0 Å². The second kappa shape index (κ2) is 4.99. The van der Waals surface area contributed by atoms with Gasteiger partial charge in [0, 0.05) is 16.7 Å². The fourth-order valence-electron chi connectivity index (χ4n) is 1.25. The molecule has 0 amide bonds. The van der Waals surface area contributed by atoms with Crippen molar-refractivity contribution in [3.8, 4) is 17.4 Å². The number of hydrogen-bond acceptors (Lipinski definition) is 3. The second-order valence-corrected chi connectivity index (χ2v) is 3.99. The Bertz CT molecular complexity index is 474. The van der Waals surface area contributed by atoms with Crippen LogP contribution >= 0.6 is 15.9 Å². The third kappa shape index (κ3) is 2.52. The lowest BCUT2D eigenvalue weighted by molar-refractivity contribution is 0.363. The molecule has 16 heavy (non-hydrogen) atoms. The van der Waals surface area contributed by atoms with Gasteiger partial charge in [-0.25, -0.2) is 4.98 Å². The molecule has 0 N–H and O–H groups in total. The van der Waals surface area contributed by atoms with Crippen LogP contribution in [-0.2, 0) is 0 Å². The standard InChI is InChI=1S/C12H10BrNO2/c1-15-12-11(7-9(13)8-14-12)16-10-5-3-2-4-6-10/h2-8H,1H3. The molecular weight excluding hydrogens is 270 g/mol. The van der Waals surface area contributed by atoms with Crippen molar-refractivity contribution >= 4 is 15.9 Å². The molecule has 0 atom stereocenters. The van der Waals surface area contributed by atoms with Gasteiger partial charge in [-0.15, -0.1) is 0 Å². The van der Waals surface area contributed by atoms with Gasteiger partial charge in [0.15, 0.2) is 5.75 Å². The van der Waals surface area contributed by atoms with Crippen LogP contribution in [0.2, 0.25) is 0 Å². The molecule has 0 unspecified atom stereocenters. The Hall–Kier alpha value is -1.55. The molecule has 0 bridgehead atoms. The predicted molar refractivity (Wildman–Crippen MR) is 65.0 cm³/mol. The molecule has 3 nitrogen and oxygen atoms in total. The summed E-state index contributed by atoms with van der Waals surface area (Å²) >= 11 is 3.34. The van der Waals surface area contributed by atoms with E-state index < -0.39 is 0 Å². The number of hydrogen-bond donors (Lipinski definition) is 0. The number of halogens is 1. The smallest absolute Gasteiger partial charge is 0.257 e. The lowest BCUT2D eigenvalue weighted by Gasteiger charge is -2.09. The first-order valence-corrected chi connectivity index (χ1v) is 5.51. The molecule has 0 radical (unpaired) electrons. The summed E-state index contributed by atoms with van der Waals surface area (Å²) in [4.78, 5) is 4.10. The van der Waals surface area contributed by atoms with E-state index in [0.717, 1.165) is 10.2 Å². The second-order valence-electron chi connectivity index (χ2n) is 3.08. The van der Waals surface area contributed by atoms with E-state index in [1.54, 1.807) is 13.3 Å². The molecule has 0 aliphatic heterocycles. The monoisotopic (exact) mass is 279 g/mol. The quantitative estimate of drug-likeness (QED) is 0.860. The highest BCUT2D eigenvalue weighted by Gasteiger charge is 2.07. The van der Waals surface area contributed by atoms with Gasteiger partial charge in [-0.05, 0) is 28.1 Å². The maximum Gasteiger partial charge on any atom is 0.257 e. The van der Waals surface area contributed by atoms with Crippen molar-refractivity contribution in [1.82, 2.24) is 4.98 Å². The highest BCUT2D eigenvalue weighted by Crippen LogP contribution is 2.31. The van der Waals surface area contributed by atoms with Crippen LogP contribution in [0.15, 0.2) is 47.1 Å². The van der Waals surface area contributed by atoms with Gasteiger partial charge in [0.2, 0.25) is 0 Å². The first kappa shape index (κ1) is 11.0. The maximum atomic E-state index is 5.66. The molecule has 0 fully saturated rings. The molecule has 1 aromatic heterocycles. The van der Waals surface area contributed by atoms with Crippen LogP contribution in [-0.4, -0.2) is 12.1 Å². The molecule has 0 saturated heterocycles. The van der Waals surface area contributed by atoms with Crippen molar-refractivity contribution in [2.75, 3.05) is 7.11 Å². The van der Waals surface area contributed by atoms with E-state index in [4.69, 9.17) is 9.47 Å². The lowest BCUT2D eigenvalue weighted by atomic mass is 10.3. The summed E-state index contributed by atoms with van der Waals surface area (Å²) in [5.41, 5.74) is 0. The number of rotatable bonds is 3. The Balaban J connectivity index is 2.30. The number of pyridine rings is 1. The highest BCUT2D eigenvalue weighted by atomic mass is 79.9. The van der Waals surface area contributed by atoms with Gasteiger partial charge in [0.05, 0.1) is 7.11 Å². The van der Waals surface area contributed by atoms with Gasteiger partial charge < -0.3 is 9.47 Å². The molecule has 2 aromatic rings. The molecule has 0 saturated carbocycles. The summed E-state index contributed by atoms with van der Waals surface area (Å²) in [6.07, 6.45) is 1.66. The Morgan fingerprint density at radius 2 is 1.94 bits per heavy atom. The van der Waals surface area contributed by atoms with E-state index in [1.807, 2.05) is 36.4 Å². The SMILES string of the molecule is COc1ncc(Br)cc1Oc1ccccc1. The Labute approximate surface area is 102 Å². The van der Waals surface area contributed by atoms with Gasteiger partial charge in [-0.2, -0.15) is 0 Å². The zero-order valence-electron chi connectivity index (χ0n) is 8.68. The minimum Gasteiger partial charge on any atom is -0.478 e. The lowest BCUT2D eigenvalue weighted by Crippen LogP contribution is -1.92. The van der Waals surface area contributed by atoms with E-state index in [-0.39, 0.29) is 0 Å². The van der Waals surface area contributed by atoms with E-state index in [2.05, 4.69) is 20.9 Å². The predicted octanol–water partition coefficient (Wildman–Crippen LogP) is 3.65. The fraction of sp³-hybridized carbons (Fsp3) is 0.0833. The molecule has 4 heteroatoms. The van der Waals surface area contributed by atoms with Gasteiger partial charge in [0.1, 0.15) is 5.75 Å². The Morgan fingerprint density at radius 1 is 1.19 bits per heavy atom. The Kier molecular flexibility index (Phi) is 3.41. The van der Waals surface area contributed by atoms with E-state index in [1.165, 1.54) is 0 Å². The topological polar surface area (TPSA) is 31.4 Å². The number of aromatic nitrogens is 1. The Morgan fingerprint density at radius 3 is 2.62 bits per heavy atom. The first-order valence-electron chi connectivity index (χ1n) is 4.72. The summed E-state index contributed by atoms with van der Waals surface area (Å²) < 4.78 is 11.6. The number of ether oxygens (including phenoxy) is 2. The third-order valence-electron chi connectivity index (χ3n) is 1.95. The molecule has 0 spiro atoms. The van der Waals surface area contributed by atoms with Gasteiger partial charge in [0.25, 0.3) is 5.88 Å². The van der Waals surface area contributed by atoms with Crippen molar-refractivity contribution in [3.63, 3.8) is 0 Å². The largest absolute Gasteiger partial charge is 0.478 e. The zero-order chi connectivity index (χ0) is 11.4. The molecule has 1 aromatic carbocycles. The van der Waals surface area contributed by atoms with Crippen LogP contribution in [0.25, 0.3) is 0 Å². The van der Waals surface area contributed by atoms with Crippen LogP contribution in [0, 0.1) is 0 Å². The van der Waals surface area contributed by atoms with Gasteiger partial charge in [-0.1, -0.05) is 18.2 Å². The van der Waals surface area contributed by atoms with Crippen molar-refractivity contribution in [2.45, 2.75) is 0 Å². The maximum absolute atomic E-state index is 5.66. The van der Waals surface area contributed by atoms with E-state index in [0.29, 0.717) is 11.6 Å². The van der Waals surface area contributed by atoms with Crippen molar-refractivity contribution in [1.29, 1.82) is 0 Å². The summed E-state index contributed by atoms with van der Waals surface area (Å²) in [7, 11) is 1.56. The van der Waals surface area contributed by atoms with Crippen LogP contribution in [0.1, 0.15) is 0 Å². The average Bonchev–Trinajstić information content (AvgIpc) is 2.31. The first-order chi connectivity index (χ1) is 7.79. The van der Waals surface area contributed by atoms with Crippen LogP contribution < -0.4 is 9.47 Å². The minimum absolute atomic E-state index is 0.465. The van der Waals surface area contributed by atoms with Gasteiger partial charge >= 0.3 is 0 Å². The minimum atomic E-state index is 0.465. The fourth-order valence-corrected chi connectivity index (χ4v) is 1.56. The summed E-state index contributed by atoms with van der Waals surface area (Å²) in [6, 6.07) is 11.3. The van der Waals surface area contributed by atoms with Crippen LogP contribution in [0.4, 0.5) is 0 Å². The number of para-hydroxylation sites is 1. The third-order valence-corrected chi connectivity index (χ3v) is 2.38. The zero-order valence-corrected chi connectivity index (χ0v) is 10.3. The summed E-state index contributed by atoms with van der Waals surface area (Å²) in [6.45, 7) is 0. The molecule has 1 heterocycles. The summed E-state index contributed by atoms with van der Waals surface area (Å²) in [5, 5.41) is 0. The van der Waals surface area contributed by atoms with E-state index >= 15 is 0 Å². The summed E-state index contributed by atoms with van der Waals surface area (Å²) in [5.74, 6) is 1.80. The van der Waals surface area contributed by atoms with Gasteiger partial charge in [-0.3, -0.25) is 0 Å². The normalized spacial score (nSPS) is 9.88. The van der Waals surface area contributed by atoms with Crippen LogP contribution in [0.5, 0.6) is 17.4 Å². The van der Waals surface area contributed by atoms with Crippen molar-refractivity contribution in [3.05, 3.63) is 47.1 Å². The number of methoxy groups -OCH3 is 1. The molecular formula is C12H10BrNO2. The molecule has 0 aliphatic rings. The molecule has 82 valence electrons. The van der Waals surface area contributed by atoms with Crippen LogP contribution in [0.3, 0.4) is 0 Å².